The summed E-state index contributed by atoms with van der Waals surface area (Å²) < 4.78 is 19.1. The maximum atomic E-state index is 13.4. The molecule has 1 rings (SSSR count). The Morgan fingerprint density at radius 1 is 0.966 bits per heavy atom. The summed E-state index contributed by atoms with van der Waals surface area (Å²) >= 11 is 0. The van der Waals surface area contributed by atoms with Crippen LogP contribution in [0.5, 0.6) is 0 Å². The number of hydrogen-bond donors (Lipinski definition) is 1. The Balaban J connectivity index is 3.26. The Morgan fingerprint density at radius 2 is 1.45 bits per heavy atom. The van der Waals surface area contributed by atoms with Gasteiger partial charge in [0.25, 0.3) is 0 Å². The van der Waals surface area contributed by atoms with Gasteiger partial charge in [0.05, 0.1) is 25.4 Å². The Hall–Kier alpha value is -0.273. The van der Waals surface area contributed by atoms with Crippen molar-refractivity contribution in [2.45, 2.75) is 105 Å². The molecule has 0 aromatic rings. The molecule has 5 atom stereocenters. The van der Waals surface area contributed by atoms with Gasteiger partial charge in [-0.2, -0.15) is 0 Å². The zero-order chi connectivity index (χ0) is 22.4. The second kappa shape index (κ2) is 11.4. The summed E-state index contributed by atoms with van der Waals surface area (Å²) in [7, 11) is -1.96. The minimum Gasteiger partial charge on any atom is -0.413 e. The lowest BCUT2D eigenvalue weighted by Crippen LogP contribution is -2.53. The molecular formula is C23H46O5Si. The summed E-state index contributed by atoms with van der Waals surface area (Å²) in [5, 5.41) is 10.5. The van der Waals surface area contributed by atoms with E-state index in [1.165, 1.54) is 0 Å². The fourth-order valence-electron chi connectivity index (χ4n) is 4.76. The number of ketones is 1. The minimum atomic E-state index is -1.96. The van der Waals surface area contributed by atoms with Crippen LogP contribution in [0.1, 0.15) is 68.7 Å². The molecule has 1 aliphatic heterocycles. The normalized spacial score (nSPS) is 22.3. The quantitative estimate of drug-likeness (QED) is 0.415. The van der Waals surface area contributed by atoms with E-state index in [1.807, 2.05) is 27.7 Å². The molecule has 5 nitrogen and oxygen atoms in total. The summed E-state index contributed by atoms with van der Waals surface area (Å²) in [5.74, 6) is -1.42. The van der Waals surface area contributed by atoms with Crippen LogP contribution in [0.15, 0.2) is 0 Å². The van der Waals surface area contributed by atoms with Gasteiger partial charge in [-0.15, -0.1) is 0 Å². The Kier molecular flexibility index (Phi) is 10.5. The van der Waals surface area contributed by atoms with Crippen molar-refractivity contribution in [3.05, 3.63) is 0 Å². The lowest BCUT2D eigenvalue weighted by Gasteiger charge is -2.44. The van der Waals surface area contributed by atoms with E-state index in [9.17, 15) is 9.90 Å². The fraction of sp³-hybridized carbons (Fsp3) is 0.957. The molecule has 0 aliphatic carbocycles. The average Bonchev–Trinajstić information content (AvgIpc) is 3.23. The van der Waals surface area contributed by atoms with Gasteiger partial charge in [-0.1, -0.05) is 62.3 Å². The monoisotopic (exact) mass is 430 g/mol. The Labute approximate surface area is 180 Å². The van der Waals surface area contributed by atoms with Crippen LogP contribution in [0.4, 0.5) is 0 Å². The van der Waals surface area contributed by atoms with Crippen molar-refractivity contribution in [3.8, 4) is 0 Å². The Bertz CT molecular complexity index is 491. The second-order valence-corrected chi connectivity index (χ2v) is 13.9. The average molecular weight is 431 g/mol. The lowest BCUT2D eigenvalue weighted by molar-refractivity contribution is -0.216. The van der Waals surface area contributed by atoms with Gasteiger partial charge in [0.2, 0.25) is 0 Å². The van der Waals surface area contributed by atoms with Crippen molar-refractivity contribution in [1.82, 2.24) is 0 Å². The number of aliphatic hydroxyl groups is 1. The molecule has 1 fully saturated rings. The molecule has 0 spiro atoms. The molecule has 0 amide bonds. The van der Waals surface area contributed by atoms with Crippen molar-refractivity contribution in [2.75, 3.05) is 13.2 Å². The molecule has 0 unspecified atom stereocenters. The first-order valence-electron chi connectivity index (χ1n) is 11.7. The fourth-order valence-corrected chi connectivity index (χ4v) is 7.74. The third kappa shape index (κ3) is 5.91. The molecule has 6 heteroatoms. The summed E-state index contributed by atoms with van der Waals surface area (Å²) in [4.78, 5) is 13.4. The van der Waals surface area contributed by atoms with Crippen molar-refractivity contribution in [2.24, 2.45) is 23.7 Å². The van der Waals surface area contributed by atoms with Crippen LogP contribution >= 0.6 is 0 Å². The summed E-state index contributed by atoms with van der Waals surface area (Å²) in [6.45, 7) is 19.6. The number of carbonyl (C=O) groups excluding carboxylic acids is 1. The number of carbonyl (C=O) groups is 1. The Morgan fingerprint density at radius 3 is 1.83 bits per heavy atom. The van der Waals surface area contributed by atoms with Gasteiger partial charge in [-0.05, 0) is 30.5 Å². The van der Waals surface area contributed by atoms with E-state index >= 15 is 0 Å². The molecular weight excluding hydrogens is 384 g/mol. The van der Waals surface area contributed by atoms with Gasteiger partial charge in [-0.3, -0.25) is 4.79 Å². The maximum absolute atomic E-state index is 13.4. The molecule has 0 saturated carbocycles. The summed E-state index contributed by atoms with van der Waals surface area (Å²) in [5.41, 5.74) is 0. The van der Waals surface area contributed by atoms with Crippen molar-refractivity contribution < 1.29 is 23.8 Å². The van der Waals surface area contributed by atoms with Crippen LogP contribution in [0.2, 0.25) is 18.1 Å². The summed E-state index contributed by atoms with van der Waals surface area (Å²) in [6, 6.07) is 3.07. The first-order chi connectivity index (χ1) is 13.5. The van der Waals surface area contributed by atoms with Crippen molar-refractivity contribution in [1.29, 1.82) is 0 Å². The van der Waals surface area contributed by atoms with Crippen LogP contribution < -0.4 is 0 Å². The molecule has 29 heavy (non-hydrogen) atoms. The highest BCUT2D eigenvalue weighted by atomic mass is 28.4. The SMILES string of the molecule is CCC1([C@@H](C)[C@H](O[Si](CC)(CC)CC)[C@H](C)C(=O)[C@H](C)[C@@H](O)C(C)C)OCCO1. The first kappa shape index (κ1) is 26.8. The molecule has 0 radical (unpaired) electrons. The van der Waals surface area contributed by atoms with E-state index in [1.54, 1.807) is 0 Å². The van der Waals surface area contributed by atoms with E-state index in [0.29, 0.717) is 13.2 Å². The molecule has 1 heterocycles. The topological polar surface area (TPSA) is 65.0 Å². The number of Topliss-reactive ketones (excluding diaryl/α,β-unsaturated/α-hetero) is 1. The van der Waals surface area contributed by atoms with Gasteiger partial charge in [0.1, 0.15) is 5.78 Å². The highest BCUT2D eigenvalue weighted by Gasteiger charge is 2.49. The van der Waals surface area contributed by atoms with Crippen LogP contribution in [0, 0.1) is 23.7 Å². The number of aliphatic hydroxyl groups excluding tert-OH is 1. The van der Waals surface area contributed by atoms with Crippen LogP contribution in [0.3, 0.4) is 0 Å². The van der Waals surface area contributed by atoms with E-state index in [-0.39, 0.29) is 29.6 Å². The lowest BCUT2D eigenvalue weighted by atomic mass is 9.79. The van der Waals surface area contributed by atoms with E-state index < -0.39 is 26.1 Å². The molecule has 1 saturated heterocycles. The second-order valence-electron chi connectivity index (χ2n) is 9.19. The number of rotatable bonds is 13. The molecule has 0 aromatic heterocycles. The zero-order valence-electron chi connectivity index (χ0n) is 20.3. The highest BCUT2D eigenvalue weighted by Crippen LogP contribution is 2.40. The van der Waals surface area contributed by atoms with Crippen LogP contribution in [-0.4, -0.2) is 50.4 Å². The third-order valence-electron chi connectivity index (χ3n) is 7.36. The third-order valence-corrected chi connectivity index (χ3v) is 12.0. The van der Waals surface area contributed by atoms with Gasteiger partial charge in [-0.25, -0.2) is 0 Å². The van der Waals surface area contributed by atoms with Gasteiger partial charge in [0, 0.05) is 17.8 Å². The summed E-state index contributed by atoms with van der Waals surface area (Å²) in [6.07, 6.45) is -0.211. The van der Waals surface area contributed by atoms with E-state index in [4.69, 9.17) is 13.9 Å². The molecule has 1 N–H and O–H groups in total. The zero-order valence-corrected chi connectivity index (χ0v) is 21.3. The van der Waals surface area contributed by atoms with Crippen molar-refractivity contribution in [3.63, 3.8) is 0 Å². The smallest absolute Gasteiger partial charge is 0.192 e. The largest absolute Gasteiger partial charge is 0.413 e. The minimum absolute atomic E-state index is 0.0387. The molecule has 0 bridgehead atoms. The predicted molar refractivity (Wildman–Crippen MR) is 120 cm³/mol. The van der Waals surface area contributed by atoms with Gasteiger partial charge >= 0.3 is 0 Å². The van der Waals surface area contributed by atoms with Crippen LogP contribution in [-0.2, 0) is 18.7 Å². The van der Waals surface area contributed by atoms with Crippen molar-refractivity contribution >= 4 is 14.1 Å². The maximum Gasteiger partial charge on any atom is 0.192 e. The predicted octanol–water partition coefficient (Wildman–Crippen LogP) is 5.02. The van der Waals surface area contributed by atoms with Crippen LogP contribution in [0.25, 0.3) is 0 Å². The van der Waals surface area contributed by atoms with E-state index in [0.717, 1.165) is 24.6 Å². The molecule has 0 aromatic carbocycles. The highest BCUT2D eigenvalue weighted by molar-refractivity contribution is 6.73. The molecule has 1 aliphatic rings. The number of hydrogen-bond acceptors (Lipinski definition) is 5. The first-order valence-corrected chi connectivity index (χ1v) is 14.2. The standard InChI is InChI=1S/C23H46O5Si/c1-10-23(26-14-15-27-23)19(9)22(28-29(11-2,12-3)13-4)18(8)21(25)17(7)20(24)16(5)6/h16-20,22,24H,10-15H2,1-9H3/t17-,18-,19+,20+,22-/m1/s1. The van der Waals surface area contributed by atoms with Gasteiger partial charge in [0.15, 0.2) is 14.1 Å². The number of ether oxygens (including phenoxy) is 2. The van der Waals surface area contributed by atoms with Gasteiger partial charge < -0.3 is 19.0 Å². The van der Waals surface area contributed by atoms with E-state index in [2.05, 4.69) is 34.6 Å². The molecule has 172 valence electrons.